The summed E-state index contributed by atoms with van der Waals surface area (Å²) in [4.78, 5) is 20.5. The summed E-state index contributed by atoms with van der Waals surface area (Å²) in [5.41, 5.74) is -0.149. The van der Waals surface area contributed by atoms with Gasteiger partial charge >= 0.3 is 0 Å². The van der Waals surface area contributed by atoms with Crippen LogP contribution in [0.4, 0.5) is 11.6 Å². The second kappa shape index (κ2) is 7.22. The Kier molecular flexibility index (Phi) is 5.00. The fourth-order valence-corrected chi connectivity index (χ4v) is 4.04. The highest BCUT2D eigenvalue weighted by Gasteiger charge is 2.29. The van der Waals surface area contributed by atoms with Crippen LogP contribution in [-0.4, -0.2) is 60.9 Å². The molecule has 1 aliphatic heterocycles. The second-order valence-corrected chi connectivity index (χ2v) is 7.48. The van der Waals surface area contributed by atoms with Gasteiger partial charge in [0.2, 0.25) is 21.9 Å². The monoisotopic (exact) mass is 379 g/mol. The first-order valence-electron chi connectivity index (χ1n) is 7.78. The minimum absolute atomic E-state index is 0.0363. The van der Waals surface area contributed by atoms with Crippen molar-refractivity contribution >= 4 is 21.7 Å². The third-order valence-electron chi connectivity index (χ3n) is 4.03. The van der Waals surface area contributed by atoms with Gasteiger partial charge in [-0.1, -0.05) is 0 Å². The maximum atomic E-state index is 12.7. The van der Waals surface area contributed by atoms with Gasteiger partial charge in [-0.3, -0.25) is 10.1 Å². The summed E-state index contributed by atoms with van der Waals surface area (Å²) in [5.74, 6) is 0.924. The Hall–Kier alpha value is -2.79. The fraction of sp³-hybridized carbons (Fsp3) is 0.333. The average Bonchev–Trinajstić information content (AvgIpc) is 2.68. The first-order valence-corrected chi connectivity index (χ1v) is 9.22. The highest BCUT2D eigenvalue weighted by molar-refractivity contribution is 7.89. The Morgan fingerprint density at radius 1 is 1.12 bits per heavy atom. The number of nitro benzene ring substituents is 1. The van der Waals surface area contributed by atoms with Crippen molar-refractivity contribution in [1.29, 1.82) is 0 Å². The second-order valence-electron chi connectivity index (χ2n) is 5.54. The molecule has 1 aliphatic rings. The van der Waals surface area contributed by atoms with Gasteiger partial charge in [0.1, 0.15) is 0 Å². The minimum Gasteiger partial charge on any atom is -0.481 e. The number of sulfonamides is 1. The first kappa shape index (κ1) is 18.0. The lowest BCUT2D eigenvalue weighted by molar-refractivity contribution is -0.384. The molecule has 0 radical (unpaired) electrons. The van der Waals surface area contributed by atoms with Crippen molar-refractivity contribution in [2.45, 2.75) is 4.90 Å². The van der Waals surface area contributed by atoms with Crippen molar-refractivity contribution in [2.24, 2.45) is 0 Å². The molecule has 0 atom stereocenters. The molecule has 0 saturated carbocycles. The fourth-order valence-electron chi connectivity index (χ4n) is 2.62. The van der Waals surface area contributed by atoms with Crippen molar-refractivity contribution in [3.63, 3.8) is 0 Å². The summed E-state index contributed by atoms with van der Waals surface area (Å²) >= 11 is 0. The van der Waals surface area contributed by atoms with Crippen LogP contribution in [0.15, 0.2) is 41.4 Å². The Morgan fingerprint density at radius 2 is 1.77 bits per heavy atom. The van der Waals surface area contributed by atoms with Crippen LogP contribution in [0.3, 0.4) is 0 Å². The molecule has 3 rings (SSSR count). The third kappa shape index (κ3) is 3.58. The number of non-ortho nitro benzene ring substituents is 1. The molecular formula is C15H17N5O5S. The predicted molar refractivity (Wildman–Crippen MR) is 92.7 cm³/mol. The number of hydrogen-bond acceptors (Lipinski definition) is 8. The molecule has 11 heteroatoms. The van der Waals surface area contributed by atoms with Gasteiger partial charge in [0.25, 0.3) is 5.69 Å². The first-order chi connectivity index (χ1) is 12.4. The van der Waals surface area contributed by atoms with E-state index in [-0.39, 0.29) is 23.7 Å². The smallest absolute Gasteiger partial charge is 0.269 e. The van der Waals surface area contributed by atoms with Gasteiger partial charge in [0.15, 0.2) is 0 Å². The lowest BCUT2D eigenvalue weighted by Gasteiger charge is -2.33. The van der Waals surface area contributed by atoms with E-state index in [1.165, 1.54) is 35.7 Å². The normalized spacial score (nSPS) is 15.7. The maximum absolute atomic E-state index is 12.7. The van der Waals surface area contributed by atoms with Crippen LogP contribution in [-0.2, 0) is 10.0 Å². The van der Waals surface area contributed by atoms with Gasteiger partial charge in [-0.05, 0) is 12.1 Å². The van der Waals surface area contributed by atoms with Crippen LogP contribution in [0.5, 0.6) is 5.88 Å². The molecule has 1 saturated heterocycles. The minimum atomic E-state index is -3.70. The zero-order valence-corrected chi connectivity index (χ0v) is 14.8. The summed E-state index contributed by atoms with van der Waals surface area (Å²) in [6.45, 7) is 1.39. The molecule has 0 N–H and O–H groups in total. The Bertz CT molecular complexity index is 895. The molecule has 2 heterocycles. The third-order valence-corrected chi connectivity index (χ3v) is 5.95. The number of nitro groups is 1. The van der Waals surface area contributed by atoms with E-state index in [0.29, 0.717) is 24.9 Å². The van der Waals surface area contributed by atoms with Gasteiger partial charge in [-0.2, -0.15) is 9.29 Å². The quantitative estimate of drug-likeness (QED) is 0.555. The van der Waals surface area contributed by atoms with Crippen LogP contribution in [0.2, 0.25) is 0 Å². The number of benzene rings is 1. The summed E-state index contributed by atoms with van der Waals surface area (Å²) in [5, 5.41) is 10.7. The van der Waals surface area contributed by atoms with Gasteiger partial charge < -0.3 is 9.64 Å². The van der Waals surface area contributed by atoms with E-state index in [1.54, 1.807) is 12.3 Å². The molecule has 0 unspecified atom stereocenters. The Balaban J connectivity index is 1.71. The number of hydrogen-bond donors (Lipinski definition) is 0. The summed E-state index contributed by atoms with van der Waals surface area (Å²) in [6, 6.07) is 6.52. The van der Waals surface area contributed by atoms with Gasteiger partial charge in [0, 0.05) is 50.6 Å². The van der Waals surface area contributed by atoms with E-state index in [0.717, 1.165) is 0 Å². The van der Waals surface area contributed by atoms with E-state index in [2.05, 4.69) is 9.97 Å². The number of ether oxygens (including phenoxy) is 1. The number of methoxy groups -OCH3 is 1. The maximum Gasteiger partial charge on any atom is 0.269 e. The Morgan fingerprint density at radius 3 is 2.35 bits per heavy atom. The molecule has 1 aromatic heterocycles. The van der Waals surface area contributed by atoms with Crippen LogP contribution in [0.25, 0.3) is 0 Å². The lowest BCUT2D eigenvalue weighted by Crippen LogP contribution is -2.49. The largest absolute Gasteiger partial charge is 0.481 e. The van der Waals surface area contributed by atoms with Crippen molar-refractivity contribution in [3.05, 3.63) is 46.6 Å². The molecule has 0 amide bonds. The summed E-state index contributed by atoms with van der Waals surface area (Å²) in [6.07, 6.45) is 1.58. The lowest BCUT2D eigenvalue weighted by atomic mass is 10.3. The average molecular weight is 379 g/mol. The zero-order chi connectivity index (χ0) is 18.7. The highest BCUT2D eigenvalue weighted by Crippen LogP contribution is 2.22. The SMILES string of the molecule is COc1ccnc(N2CCN(S(=O)(=O)c3ccc([N+](=O)[O-])cc3)CC2)n1. The van der Waals surface area contributed by atoms with Gasteiger partial charge in [-0.25, -0.2) is 13.4 Å². The topological polar surface area (TPSA) is 119 Å². The van der Waals surface area contributed by atoms with Gasteiger partial charge in [-0.15, -0.1) is 0 Å². The molecular weight excluding hydrogens is 362 g/mol. The number of anilines is 1. The molecule has 0 spiro atoms. The van der Waals surface area contributed by atoms with Crippen LogP contribution < -0.4 is 9.64 Å². The summed E-state index contributed by atoms with van der Waals surface area (Å²) in [7, 11) is -2.19. The van der Waals surface area contributed by atoms with Crippen LogP contribution >= 0.6 is 0 Å². The van der Waals surface area contributed by atoms with Crippen molar-refractivity contribution in [3.8, 4) is 5.88 Å². The van der Waals surface area contributed by atoms with Crippen molar-refractivity contribution < 1.29 is 18.1 Å². The van der Waals surface area contributed by atoms with Gasteiger partial charge in [0.05, 0.1) is 16.9 Å². The predicted octanol–water partition coefficient (Wildman–Crippen LogP) is 0.904. The van der Waals surface area contributed by atoms with Crippen LogP contribution in [0.1, 0.15) is 0 Å². The molecule has 2 aromatic rings. The molecule has 138 valence electrons. The number of nitrogens with zero attached hydrogens (tertiary/aromatic N) is 5. The van der Waals surface area contributed by atoms with Crippen molar-refractivity contribution in [2.75, 3.05) is 38.2 Å². The van der Waals surface area contributed by atoms with E-state index in [1.807, 2.05) is 4.90 Å². The summed E-state index contributed by atoms with van der Waals surface area (Å²) < 4.78 is 31.8. The van der Waals surface area contributed by atoms with E-state index in [4.69, 9.17) is 4.74 Å². The van der Waals surface area contributed by atoms with Crippen LogP contribution in [0, 0.1) is 10.1 Å². The van der Waals surface area contributed by atoms with E-state index < -0.39 is 14.9 Å². The molecule has 1 aromatic carbocycles. The zero-order valence-electron chi connectivity index (χ0n) is 14.0. The Labute approximate surface area is 150 Å². The van der Waals surface area contributed by atoms with E-state index >= 15 is 0 Å². The number of aromatic nitrogens is 2. The molecule has 1 fully saturated rings. The molecule has 10 nitrogen and oxygen atoms in total. The van der Waals surface area contributed by atoms with E-state index in [9.17, 15) is 18.5 Å². The molecule has 0 bridgehead atoms. The highest BCUT2D eigenvalue weighted by atomic mass is 32.2. The number of piperazine rings is 1. The number of rotatable bonds is 5. The standard InChI is InChI=1S/C15H17N5O5S/c1-25-14-6-7-16-15(17-14)18-8-10-19(11-9-18)26(23,24)13-4-2-12(3-5-13)20(21)22/h2-7H,8-11H2,1H3. The van der Waals surface area contributed by atoms with Crippen molar-refractivity contribution in [1.82, 2.24) is 14.3 Å². The molecule has 0 aliphatic carbocycles. The molecule has 26 heavy (non-hydrogen) atoms.